The molecule has 2 aromatic carbocycles. The zero-order valence-electron chi connectivity index (χ0n) is 18.0. The third-order valence-corrected chi connectivity index (χ3v) is 4.77. The Morgan fingerprint density at radius 1 is 0.967 bits per heavy atom. The lowest BCUT2D eigenvalue weighted by atomic mass is 10.1. The van der Waals surface area contributed by atoms with Crippen molar-refractivity contribution in [2.45, 2.75) is 25.9 Å². The largest absolute Gasteiger partial charge is 0.493 e. The zero-order chi connectivity index (χ0) is 21.9. The molecule has 0 aliphatic carbocycles. The fraction of sp³-hybridized carbons (Fsp3) is 0.391. The van der Waals surface area contributed by atoms with Gasteiger partial charge in [0.25, 0.3) is 0 Å². The molecule has 0 aliphatic heterocycles. The molecule has 0 bridgehead atoms. The molecular formula is C23H30N2O5. The van der Waals surface area contributed by atoms with Gasteiger partial charge in [0, 0.05) is 20.2 Å². The van der Waals surface area contributed by atoms with Gasteiger partial charge in [-0.15, -0.1) is 0 Å². The quantitative estimate of drug-likeness (QED) is 0.572. The maximum atomic E-state index is 13.2. The molecule has 0 saturated carbocycles. The van der Waals surface area contributed by atoms with E-state index in [1.54, 1.807) is 45.3 Å². The van der Waals surface area contributed by atoms with Crippen LogP contribution < -0.4 is 14.8 Å². The van der Waals surface area contributed by atoms with Crippen LogP contribution in [0.2, 0.25) is 0 Å². The van der Waals surface area contributed by atoms with Crippen LogP contribution in [-0.4, -0.2) is 57.2 Å². The lowest BCUT2D eigenvalue weighted by Crippen LogP contribution is -2.48. The Labute approximate surface area is 177 Å². The van der Waals surface area contributed by atoms with Crippen molar-refractivity contribution >= 4 is 11.8 Å². The van der Waals surface area contributed by atoms with Gasteiger partial charge in [-0.3, -0.25) is 9.59 Å². The first-order valence-corrected chi connectivity index (χ1v) is 9.81. The predicted molar refractivity (Wildman–Crippen MR) is 115 cm³/mol. The van der Waals surface area contributed by atoms with Crippen molar-refractivity contribution < 1.29 is 23.8 Å². The number of carbonyl (C=O) groups is 2. The summed E-state index contributed by atoms with van der Waals surface area (Å²) < 4.78 is 15.6. The Hall–Kier alpha value is -3.06. The third-order valence-electron chi connectivity index (χ3n) is 4.77. The monoisotopic (exact) mass is 414 g/mol. The SMILES string of the molecule is COCCNC(=O)C(C)N(Cc1ccccc1)C(=O)Cc1ccc(OC)c(OC)c1. The number of hydrogen-bond donors (Lipinski definition) is 1. The minimum atomic E-state index is -0.630. The molecular weight excluding hydrogens is 384 g/mol. The van der Waals surface area contributed by atoms with E-state index >= 15 is 0 Å². The molecule has 0 spiro atoms. The van der Waals surface area contributed by atoms with Gasteiger partial charge in [-0.2, -0.15) is 0 Å². The molecule has 30 heavy (non-hydrogen) atoms. The van der Waals surface area contributed by atoms with Crippen LogP contribution in [0.5, 0.6) is 11.5 Å². The molecule has 2 rings (SSSR count). The van der Waals surface area contributed by atoms with Gasteiger partial charge in [-0.05, 0) is 30.2 Å². The molecule has 1 atom stereocenters. The standard InChI is InChI=1S/C23H30N2O5/c1-17(23(27)24-12-13-28-2)25(16-18-8-6-5-7-9-18)22(26)15-19-10-11-20(29-3)21(14-19)30-4/h5-11,14,17H,12-13,15-16H2,1-4H3,(H,24,27). The van der Waals surface area contributed by atoms with Gasteiger partial charge in [0.05, 0.1) is 27.2 Å². The van der Waals surface area contributed by atoms with Crippen LogP contribution in [-0.2, 0) is 27.3 Å². The first-order valence-electron chi connectivity index (χ1n) is 9.81. The number of carbonyl (C=O) groups excluding carboxylic acids is 2. The van der Waals surface area contributed by atoms with E-state index in [0.717, 1.165) is 11.1 Å². The summed E-state index contributed by atoms with van der Waals surface area (Å²) >= 11 is 0. The molecule has 0 heterocycles. The number of nitrogens with zero attached hydrogens (tertiary/aromatic N) is 1. The number of rotatable bonds is 11. The van der Waals surface area contributed by atoms with E-state index in [9.17, 15) is 9.59 Å². The normalized spacial score (nSPS) is 11.5. The molecule has 0 fully saturated rings. The summed E-state index contributed by atoms with van der Waals surface area (Å²) in [5, 5.41) is 2.81. The smallest absolute Gasteiger partial charge is 0.242 e. The molecule has 2 amide bonds. The number of methoxy groups -OCH3 is 3. The molecule has 0 saturated heterocycles. The van der Waals surface area contributed by atoms with Crippen molar-refractivity contribution in [2.24, 2.45) is 0 Å². The molecule has 7 nitrogen and oxygen atoms in total. The Bertz CT molecular complexity index is 826. The highest BCUT2D eigenvalue weighted by atomic mass is 16.5. The molecule has 7 heteroatoms. The summed E-state index contributed by atoms with van der Waals surface area (Å²) in [6.45, 7) is 2.88. The molecule has 0 radical (unpaired) electrons. The minimum absolute atomic E-state index is 0.142. The number of ether oxygens (including phenoxy) is 3. The zero-order valence-corrected chi connectivity index (χ0v) is 18.0. The Morgan fingerprint density at radius 3 is 2.30 bits per heavy atom. The topological polar surface area (TPSA) is 77.1 Å². The van der Waals surface area contributed by atoms with Crippen molar-refractivity contribution in [3.63, 3.8) is 0 Å². The highest BCUT2D eigenvalue weighted by molar-refractivity contribution is 5.88. The molecule has 1 unspecified atom stereocenters. The van der Waals surface area contributed by atoms with Crippen LogP contribution >= 0.6 is 0 Å². The van der Waals surface area contributed by atoms with Crippen molar-refractivity contribution in [1.29, 1.82) is 0 Å². The molecule has 162 valence electrons. The molecule has 2 aromatic rings. The lowest BCUT2D eigenvalue weighted by Gasteiger charge is -2.29. The second-order valence-corrected chi connectivity index (χ2v) is 6.83. The van der Waals surface area contributed by atoms with Crippen LogP contribution in [0.1, 0.15) is 18.1 Å². The highest BCUT2D eigenvalue weighted by Crippen LogP contribution is 2.28. The third kappa shape index (κ3) is 6.49. The Morgan fingerprint density at radius 2 is 1.67 bits per heavy atom. The van der Waals surface area contributed by atoms with E-state index in [0.29, 0.717) is 31.2 Å². The van der Waals surface area contributed by atoms with Gasteiger partial charge in [0.15, 0.2) is 11.5 Å². The lowest BCUT2D eigenvalue weighted by molar-refractivity contribution is -0.140. The van der Waals surface area contributed by atoms with E-state index in [2.05, 4.69) is 5.32 Å². The van der Waals surface area contributed by atoms with Gasteiger partial charge in [-0.25, -0.2) is 0 Å². The minimum Gasteiger partial charge on any atom is -0.493 e. The Balaban J connectivity index is 2.20. The number of hydrogen-bond acceptors (Lipinski definition) is 5. The second-order valence-electron chi connectivity index (χ2n) is 6.83. The summed E-state index contributed by atoms with van der Waals surface area (Å²) in [5.74, 6) is 0.785. The summed E-state index contributed by atoms with van der Waals surface area (Å²) in [6, 6.07) is 14.4. The molecule has 0 aromatic heterocycles. The fourth-order valence-corrected chi connectivity index (χ4v) is 3.05. The van der Waals surface area contributed by atoms with E-state index in [-0.39, 0.29) is 18.2 Å². The van der Waals surface area contributed by atoms with Gasteiger partial charge in [-0.1, -0.05) is 36.4 Å². The van der Waals surface area contributed by atoms with Gasteiger partial charge >= 0.3 is 0 Å². The van der Waals surface area contributed by atoms with E-state index in [1.165, 1.54) is 0 Å². The highest BCUT2D eigenvalue weighted by Gasteiger charge is 2.26. The Kier molecular flexibility index (Phi) is 9.15. The van der Waals surface area contributed by atoms with Gasteiger partial charge < -0.3 is 24.4 Å². The van der Waals surface area contributed by atoms with Gasteiger partial charge in [0.2, 0.25) is 11.8 Å². The molecule has 0 aliphatic rings. The van der Waals surface area contributed by atoms with Crippen LogP contribution in [0, 0.1) is 0 Å². The van der Waals surface area contributed by atoms with Crippen molar-refractivity contribution in [1.82, 2.24) is 10.2 Å². The van der Waals surface area contributed by atoms with Crippen molar-refractivity contribution in [2.75, 3.05) is 34.5 Å². The number of nitrogens with one attached hydrogen (secondary N) is 1. The maximum Gasteiger partial charge on any atom is 0.242 e. The van der Waals surface area contributed by atoms with Gasteiger partial charge in [0.1, 0.15) is 6.04 Å². The van der Waals surface area contributed by atoms with E-state index < -0.39 is 6.04 Å². The van der Waals surface area contributed by atoms with Crippen molar-refractivity contribution in [3.05, 3.63) is 59.7 Å². The van der Waals surface area contributed by atoms with E-state index in [1.807, 2.05) is 36.4 Å². The number of amides is 2. The van der Waals surface area contributed by atoms with Crippen LogP contribution in [0.25, 0.3) is 0 Å². The molecule has 1 N–H and O–H groups in total. The number of benzene rings is 2. The second kappa shape index (κ2) is 11.8. The summed E-state index contributed by atoms with van der Waals surface area (Å²) in [6.07, 6.45) is 0.142. The summed E-state index contributed by atoms with van der Waals surface area (Å²) in [4.78, 5) is 27.4. The van der Waals surface area contributed by atoms with Crippen LogP contribution in [0.3, 0.4) is 0 Å². The van der Waals surface area contributed by atoms with Crippen molar-refractivity contribution in [3.8, 4) is 11.5 Å². The van der Waals surface area contributed by atoms with E-state index in [4.69, 9.17) is 14.2 Å². The maximum absolute atomic E-state index is 13.2. The summed E-state index contributed by atoms with van der Waals surface area (Å²) in [7, 11) is 4.69. The van der Waals surface area contributed by atoms with Crippen LogP contribution in [0.15, 0.2) is 48.5 Å². The first kappa shape index (κ1) is 23.2. The average Bonchev–Trinajstić information content (AvgIpc) is 2.77. The van der Waals surface area contributed by atoms with Crippen LogP contribution in [0.4, 0.5) is 0 Å². The fourth-order valence-electron chi connectivity index (χ4n) is 3.05. The predicted octanol–water partition coefficient (Wildman–Crippen LogP) is 2.43. The average molecular weight is 415 g/mol. The summed E-state index contributed by atoms with van der Waals surface area (Å²) in [5.41, 5.74) is 1.73. The first-order chi connectivity index (χ1) is 14.5.